The molecule has 0 aliphatic carbocycles. The van der Waals surface area contributed by atoms with Gasteiger partial charge in [-0.05, 0) is 93.2 Å². The van der Waals surface area contributed by atoms with Gasteiger partial charge in [0.05, 0.1) is 11.6 Å². The molecule has 0 spiro atoms. The maximum atomic E-state index is 10.6. The van der Waals surface area contributed by atoms with Crippen LogP contribution in [-0.2, 0) is 4.79 Å². The average molecular weight is 624 g/mol. The Bertz CT molecular complexity index is 1620. The van der Waals surface area contributed by atoms with E-state index in [4.69, 9.17) is 5.11 Å². The molecule has 2 aliphatic rings. The van der Waals surface area contributed by atoms with Crippen LogP contribution in [0.1, 0.15) is 25.7 Å². The van der Waals surface area contributed by atoms with Crippen molar-refractivity contribution in [2.24, 2.45) is 5.92 Å². The van der Waals surface area contributed by atoms with Crippen molar-refractivity contribution in [2.45, 2.75) is 31.8 Å². The number of hydrogen-bond acceptors (Lipinski definition) is 10. The minimum Gasteiger partial charge on any atom is -0.400 e. The van der Waals surface area contributed by atoms with Gasteiger partial charge >= 0.3 is 0 Å². The molecule has 4 aromatic heterocycles. The number of amides is 1. The minimum atomic E-state index is -0.194. The predicted molar refractivity (Wildman–Crippen MR) is 179 cm³/mol. The topological polar surface area (TPSA) is 156 Å². The summed E-state index contributed by atoms with van der Waals surface area (Å²) in [6.07, 6.45) is 13.9. The molecule has 0 bridgehead atoms. The molecule has 5 aromatic rings. The SMILES string of the molecule is CO.O=CNc1ccc2[nH]nc(-c3ccncc3)c2c1.OC(CN1CCCC1)C1CCN(c2ccc(-c3ncccn3)cn2)CC1. The molecule has 0 radical (unpaired) electrons. The van der Waals surface area contributed by atoms with E-state index >= 15 is 0 Å². The largest absolute Gasteiger partial charge is 0.400 e. The summed E-state index contributed by atoms with van der Waals surface area (Å²) in [5.74, 6) is 2.11. The van der Waals surface area contributed by atoms with E-state index < -0.39 is 0 Å². The Kier molecular flexibility index (Phi) is 11.7. The number of anilines is 2. The van der Waals surface area contributed by atoms with Gasteiger partial charge in [0, 0.05) is 79.9 Å². The summed E-state index contributed by atoms with van der Waals surface area (Å²) in [7, 11) is 1.00. The van der Waals surface area contributed by atoms with Crippen molar-refractivity contribution in [1.29, 1.82) is 0 Å². The zero-order valence-corrected chi connectivity index (χ0v) is 26.0. The highest BCUT2D eigenvalue weighted by molar-refractivity contribution is 5.95. The van der Waals surface area contributed by atoms with Crippen molar-refractivity contribution < 1.29 is 15.0 Å². The molecule has 46 heavy (non-hydrogen) atoms. The van der Waals surface area contributed by atoms with Crippen LogP contribution in [0, 0.1) is 5.92 Å². The number of pyridine rings is 2. The number of aromatic nitrogens is 6. The molecule has 4 N–H and O–H groups in total. The first kappa shape index (κ1) is 32.6. The Labute approximate surface area is 268 Å². The number of nitrogens with zero attached hydrogens (tertiary/aromatic N) is 7. The standard InChI is InChI=1S/C20H27N5O.C13H10N4O.CH4O/c26-18(15-24-10-1-2-11-24)16-6-12-25(13-7-16)19-5-4-17(14-23-19)20-21-8-3-9-22-20;18-8-15-10-1-2-12-11(7-10)13(17-16-12)9-3-5-14-6-4-9;1-2/h3-5,8-9,14,16,18,26H,1-2,6-7,10-13,15H2;1-8H,(H,15,18)(H,16,17);2H,1H3. The number of hydrogen-bond donors (Lipinski definition) is 4. The maximum absolute atomic E-state index is 10.6. The monoisotopic (exact) mass is 623 g/mol. The van der Waals surface area contributed by atoms with Crippen LogP contribution in [0.3, 0.4) is 0 Å². The van der Waals surface area contributed by atoms with Crippen LogP contribution in [0.4, 0.5) is 11.5 Å². The summed E-state index contributed by atoms with van der Waals surface area (Å²) < 4.78 is 0. The maximum Gasteiger partial charge on any atom is 0.211 e. The Morgan fingerprint density at radius 1 is 0.935 bits per heavy atom. The predicted octanol–water partition coefficient (Wildman–Crippen LogP) is 4.01. The van der Waals surface area contributed by atoms with Crippen LogP contribution in [0.5, 0.6) is 0 Å². The number of nitrogens with one attached hydrogen (secondary N) is 2. The van der Waals surface area contributed by atoms with E-state index in [1.807, 2.05) is 54.7 Å². The normalized spacial score (nSPS) is 15.8. The lowest BCUT2D eigenvalue weighted by atomic mass is 9.91. The molecule has 6 heterocycles. The van der Waals surface area contributed by atoms with E-state index in [0.29, 0.717) is 18.2 Å². The highest BCUT2D eigenvalue weighted by atomic mass is 16.3. The first-order valence-corrected chi connectivity index (χ1v) is 15.6. The van der Waals surface area contributed by atoms with Crippen LogP contribution >= 0.6 is 0 Å². The number of piperidine rings is 1. The summed E-state index contributed by atoms with van der Waals surface area (Å²) >= 11 is 0. The van der Waals surface area contributed by atoms with Crippen molar-refractivity contribution in [3.8, 4) is 22.6 Å². The van der Waals surface area contributed by atoms with Crippen molar-refractivity contribution in [2.75, 3.05) is 50.1 Å². The second kappa shape index (κ2) is 16.5. The van der Waals surface area contributed by atoms with Crippen LogP contribution in [0.2, 0.25) is 0 Å². The lowest BCUT2D eigenvalue weighted by Gasteiger charge is -2.36. The molecule has 12 heteroatoms. The fourth-order valence-corrected chi connectivity index (χ4v) is 5.95. The number of likely N-dealkylation sites (tertiary alicyclic amines) is 1. The van der Waals surface area contributed by atoms with Crippen molar-refractivity contribution in [3.63, 3.8) is 0 Å². The van der Waals surface area contributed by atoms with Gasteiger partial charge in [0.2, 0.25) is 6.41 Å². The first-order chi connectivity index (χ1) is 22.7. The number of aromatic amines is 1. The molecule has 2 fully saturated rings. The van der Waals surface area contributed by atoms with Gasteiger partial charge in [0.1, 0.15) is 11.5 Å². The Morgan fingerprint density at radius 2 is 1.67 bits per heavy atom. The zero-order chi connectivity index (χ0) is 32.1. The third-order valence-electron chi connectivity index (χ3n) is 8.37. The zero-order valence-electron chi connectivity index (χ0n) is 26.0. The van der Waals surface area contributed by atoms with E-state index in [0.717, 1.165) is 91.9 Å². The fraction of sp³-hybridized carbons (Fsp3) is 0.353. The number of fused-ring (bicyclic) bond motifs is 1. The van der Waals surface area contributed by atoms with E-state index in [-0.39, 0.29) is 6.10 Å². The number of carbonyl (C=O) groups is 1. The van der Waals surface area contributed by atoms with Crippen LogP contribution < -0.4 is 10.2 Å². The van der Waals surface area contributed by atoms with E-state index in [9.17, 15) is 9.90 Å². The highest BCUT2D eigenvalue weighted by Crippen LogP contribution is 2.28. The van der Waals surface area contributed by atoms with Crippen LogP contribution in [-0.4, -0.2) is 97.6 Å². The lowest BCUT2D eigenvalue weighted by Crippen LogP contribution is -2.42. The Morgan fingerprint density at radius 3 is 2.35 bits per heavy atom. The van der Waals surface area contributed by atoms with Gasteiger partial charge in [-0.2, -0.15) is 5.10 Å². The molecule has 2 aliphatic heterocycles. The fourth-order valence-electron chi connectivity index (χ4n) is 5.95. The van der Waals surface area contributed by atoms with Gasteiger partial charge in [0.15, 0.2) is 5.82 Å². The molecule has 1 unspecified atom stereocenters. The average Bonchev–Trinajstić information content (AvgIpc) is 3.81. The molecule has 1 aromatic carbocycles. The number of benzene rings is 1. The molecule has 12 nitrogen and oxygen atoms in total. The Hall–Kier alpha value is -4.78. The summed E-state index contributed by atoms with van der Waals surface area (Å²) in [6, 6.07) is 15.3. The molecule has 2 saturated heterocycles. The minimum absolute atomic E-state index is 0.194. The number of carbonyl (C=O) groups excluding carboxylic acids is 1. The quantitative estimate of drug-likeness (QED) is 0.186. The molecule has 1 amide bonds. The molecule has 0 saturated carbocycles. The molecule has 240 valence electrons. The summed E-state index contributed by atoms with van der Waals surface area (Å²) in [5, 5.41) is 28.4. The molecule has 7 rings (SSSR count). The highest BCUT2D eigenvalue weighted by Gasteiger charge is 2.28. The van der Waals surface area contributed by atoms with Gasteiger partial charge in [-0.25, -0.2) is 15.0 Å². The van der Waals surface area contributed by atoms with E-state index in [1.165, 1.54) is 12.8 Å². The Balaban J connectivity index is 0.000000182. The smallest absolute Gasteiger partial charge is 0.211 e. The summed E-state index contributed by atoms with van der Waals surface area (Å²) in [4.78, 5) is 32.3. The van der Waals surface area contributed by atoms with E-state index in [1.54, 1.807) is 24.8 Å². The van der Waals surface area contributed by atoms with Crippen LogP contribution in [0.25, 0.3) is 33.5 Å². The van der Waals surface area contributed by atoms with E-state index in [2.05, 4.69) is 45.2 Å². The van der Waals surface area contributed by atoms with Gasteiger partial charge in [0.25, 0.3) is 0 Å². The summed E-state index contributed by atoms with van der Waals surface area (Å²) in [6.45, 7) is 5.05. The lowest BCUT2D eigenvalue weighted by molar-refractivity contribution is -0.105. The van der Waals surface area contributed by atoms with Gasteiger partial charge in [-0.3, -0.25) is 14.9 Å². The number of rotatable bonds is 8. The first-order valence-electron chi connectivity index (χ1n) is 15.6. The number of aliphatic hydroxyl groups is 2. The van der Waals surface area contributed by atoms with Gasteiger partial charge in [-0.1, -0.05) is 0 Å². The van der Waals surface area contributed by atoms with Crippen molar-refractivity contribution in [3.05, 3.63) is 79.5 Å². The summed E-state index contributed by atoms with van der Waals surface area (Å²) in [5.41, 5.74) is 4.44. The van der Waals surface area contributed by atoms with Gasteiger partial charge < -0.3 is 25.3 Å². The van der Waals surface area contributed by atoms with Crippen molar-refractivity contribution >= 4 is 28.8 Å². The molecular formula is C34H41N9O3. The number of aliphatic hydroxyl groups excluding tert-OH is 2. The second-order valence-corrected chi connectivity index (χ2v) is 11.2. The second-order valence-electron chi connectivity index (χ2n) is 11.2. The van der Waals surface area contributed by atoms with Crippen molar-refractivity contribution in [1.82, 2.24) is 35.0 Å². The van der Waals surface area contributed by atoms with Crippen LogP contribution in [0.15, 0.2) is 79.5 Å². The molecular weight excluding hydrogens is 582 g/mol. The molecule has 1 atom stereocenters. The third-order valence-corrected chi connectivity index (χ3v) is 8.37. The third kappa shape index (κ3) is 8.27. The number of β-amino-alcohol motifs (C(OH)–C–C–N with tert-alkyl or cyclic N) is 1. The number of H-pyrrole nitrogens is 1. The van der Waals surface area contributed by atoms with Gasteiger partial charge in [-0.15, -0.1) is 0 Å².